The van der Waals surface area contributed by atoms with Crippen LogP contribution in [0, 0.1) is 17.8 Å². The number of carbonyl (C=O) groups is 4. The molecule has 8 heterocycles. The number of thiazole rings is 1. The maximum atomic E-state index is 13.3. The number of carbonyl (C=O) groups excluding carboxylic acids is 4. The molecule has 11 N–H and O–H groups in total. The smallest absolute Gasteiger partial charge is 0.496 e. The number of likely N-dealkylation sites (tertiary alicyclic amines) is 1. The Hall–Kier alpha value is -11.8. The SMILES string of the molecule is CN1CC(C(=O)CCc2ccc3c(-c4cccc(C(N)=O)c4)cn(C4CCN(S(=O)(=O)C(F)(F)F)CC4)c3c2)C1.COc1cccc2[nH]cc(-c3cccc(C(N)=S)c3)c12.NC(=S)c1cccc(-c2cn(CC(CF)CF)c3cc(NC(=O)CCc4nccs4)ccc23)c1.NC(=S)c1cccc(-c2cn(CC(CF)CF)c3cc(NC(=O)Cc4cccs4)ccc23)c1. The van der Waals surface area contributed by atoms with Crippen LogP contribution in [0.1, 0.15) is 74.2 Å². The Labute approximate surface area is 753 Å². The summed E-state index contributed by atoms with van der Waals surface area (Å²) in [5.74, 6) is -1.15. The predicted octanol–water partition coefficient (Wildman–Crippen LogP) is 18.7. The largest absolute Gasteiger partial charge is 0.511 e. The molecule has 33 heteroatoms. The quantitative estimate of drug-likeness (QED) is 0.0163. The summed E-state index contributed by atoms with van der Waals surface area (Å²) in [5, 5.41) is 14.3. The van der Waals surface area contributed by atoms with Crippen LogP contribution >= 0.6 is 59.3 Å². The molecule has 14 aromatic rings. The first-order valence-electron chi connectivity index (χ1n) is 40.7. The highest BCUT2D eigenvalue weighted by molar-refractivity contribution is 7.90. The Bertz CT molecular complexity index is 6450. The number of sulfonamides is 1. The van der Waals surface area contributed by atoms with Crippen molar-refractivity contribution in [3.63, 3.8) is 0 Å². The third-order valence-electron chi connectivity index (χ3n) is 22.3. The van der Waals surface area contributed by atoms with Gasteiger partial charge in [0, 0.05) is 212 Å². The second kappa shape index (κ2) is 41.7. The molecule has 2 fully saturated rings. The molecule has 0 spiro atoms. The van der Waals surface area contributed by atoms with Crippen LogP contribution < -0.4 is 38.3 Å². The van der Waals surface area contributed by atoms with Crippen molar-refractivity contribution in [2.75, 3.05) is 77.7 Å². The van der Waals surface area contributed by atoms with Gasteiger partial charge in [-0.1, -0.05) is 140 Å². The van der Waals surface area contributed by atoms with Crippen molar-refractivity contribution in [3.05, 3.63) is 261 Å². The lowest BCUT2D eigenvalue weighted by molar-refractivity contribution is -0.127. The maximum Gasteiger partial charge on any atom is 0.511 e. The third kappa shape index (κ3) is 22.4. The van der Waals surface area contributed by atoms with Crippen molar-refractivity contribution in [2.45, 2.75) is 69.6 Å². The standard InChI is InChI=1S/C28H31F3N4O4S.C25H24F2N4OS2.C25H23F2N3OS2.C16H14N2OS/c1-33-15-21(16-33)26(36)8-6-18-5-7-23-24(19-3-2-4-20(14-19)27(32)37)17-35(25(23)13-18)22-9-11-34(12-10-22)40(38,39)28(29,30)31;26-12-16(13-27)14-31-15-21(17-2-1-3-18(10-17)25(28)33)20-5-4-19(11-22(20)31)30-23(32)6-7-24-29-8-9-34-24;26-12-16(13-27)14-30-15-22(17-3-1-4-18(9-17)25(28)32)21-7-6-19(10-23(21)30)29-24(31)11-20-5-2-8-33-20;1-19-14-7-3-6-13-15(14)12(9-18-13)10-4-2-5-11(8-10)16(17)20/h2-5,7,13-14,17,21-22H,6,8-12,15-16H2,1H3,(H2,32,37);1-5,8-11,15-16H,6-7,12-14H2,(H2,28,33)(H,30,32);1-10,15-16H,11-14H2,(H2,28,32)(H,29,31);2-9,18H,1H3,(H2,17,20). The number of alkyl halides is 7. The summed E-state index contributed by atoms with van der Waals surface area (Å²) >= 11 is 18.3. The number of methoxy groups -OCH3 is 1. The molecule has 2 saturated heterocycles. The number of aromatic amines is 1. The zero-order valence-corrected chi connectivity index (χ0v) is 74.0. The molecule has 8 aromatic carbocycles. The van der Waals surface area contributed by atoms with Gasteiger partial charge in [0.25, 0.3) is 0 Å². The van der Waals surface area contributed by atoms with Crippen molar-refractivity contribution in [2.24, 2.45) is 40.7 Å². The Kier molecular flexibility index (Phi) is 30.5. The van der Waals surface area contributed by atoms with Crippen molar-refractivity contribution in [1.82, 2.24) is 32.9 Å². The van der Waals surface area contributed by atoms with E-state index in [4.69, 9.17) is 64.3 Å². The monoisotopic (exact) mass is 1840 g/mol. The van der Waals surface area contributed by atoms with Crippen LogP contribution in [0.25, 0.3) is 88.1 Å². The third-order valence-corrected chi connectivity index (χ3v) is 26.4. The minimum absolute atomic E-state index is 0.0693. The van der Waals surface area contributed by atoms with Crippen LogP contribution in [-0.4, -0.2) is 152 Å². The van der Waals surface area contributed by atoms with Gasteiger partial charge in [-0.05, 0) is 138 Å². The number of aromatic nitrogens is 5. The highest BCUT2D eigenvalue weighted by Crippen LogP contribution is 2.42. The number of thiophene rings is 1. The number of piperidine rings is 1. The van der Waals surface area contributed by atoms with Gasteiger partial charge in [-0.25, -0.2) is 13.4 Å². The molecule has 2 aliphatic heterocycles. The summed E-state index contributed by atoms with van der Waals surface area (Å²) in [7, 11) is -1.73. The summed E-state index contributed by atoms with van der Waals surface area (Å²) < 4.78 is 128. The van der Waals surface area contributed by atoms with Crippen LogP contribution in [0.3, 0.4) is 0 Å². The molecule has 0 radical (unpaired) electrons. The Morgan fingerprint density at radius 3 is 1.57 bits per heavy atom. The number of hydrogen-bond donors (Lipinski definition) is 7. The number of fused-ring (bicyclic) bond motifs is 4. The van der Waals surface area contributed by atoms with E-state index in [9.17, 15) is 58.3 Å². The fourth-order valence-corrected chi connectivity index (χ4v) is 18.4. The molecule has 0 saturated carbocycles. The van der Waals surface area contributed by atoms with E-state index in [2.05, 4.69) is 25.5 Å². The zero-order chi connectivity index (χ0) is 90.4. The molecular weight excluding hydrogens is 1750 g/mol. The van der Waals surface area contributed by atoms with Crippen LogP contribution in [0.4, 0.5) is 42.1 Å². The number of anilines is 2. The van der Waals surface area contributed by atoms with E-state index in [1.165, 1.54) is 22.7 Å². The van der Waals surface area contributed by atoms with Gasteiger partial charge in [-0.15, -0.1) is 22.7 Å². The number of Topliss-reactive ketones (excluding diaryl/α,β-unsaturated/α-hetero) is 1. The minimum atomic E-state index is -5.38. The van der Waals surface area contributed by atoms with Gasteiger partial charge < -0.3 is 61.9 Å². The average molecular weight is 1840 g/mol. The summed E-state index contributed by atoms with van der Waals surface area (Å²) in [4.78, 5) is 60.8. The maximum absolute atomic E-state index is 13.3. The van der Waals surface area contributed by atoms with Crippen LogP contribution in [0.5, 0.6) is 5.75 Å². The first-order chi connectivity index (χ1) is 61.0. The number of ether oxygens (including phenoxy) is 1. The number of aryl methyl sites for hydroxylation is 2. The van der Waals surface area contributed by atoms with Gasteiger partial charge in [0.2, 0.25) is 17.7 Å². The number of hydrogen-bond acceptors (Lipinski definition) is 14. The van der Waals surface area contributed by atoms with E-state index in [0.717, 1.165) is 139 Å². The minimum Gasteiger partial charge on any atom is -0.496 e. The van der Waals surface area contributed by atoms with E-state index >= 15 is 0 Å². The van der Waals surface area contributed by atoms with Gasteiger partial charge in [0.15, 0.2) is 0 Å². The van der Waals surface area contributed by atoms with Gasteiger partial charge in [0.1, 0.15) is 26.5 Å². The Morgan fingerprint density at radius 2 is 1.08 bits per heavy atom. The summed E-state index contributed by atoms with van der Waals surface area (Å²) in [5.41, 5.74) is 33.1. The summed E-state index contributed by atoms with van der Waals surface area (Å²) in [6.45, 7) is -1.59. The lowest BCUT2D eigenvalue weighted by Crippen LogP contribution is -2.47. The van der Waals surface area contributed by atoms with Gasteiger partial charge >= 0.3 is 15.5 Å². The predicted molar refractivity (Wildman–Crippen MR) is 504 cm³/mol. The number of H-pyrrole nitrogens is 1. The lowest BCUT2D eigenvalue weighted by Gasteiger charge is -2.35. The van der Waals surface area contributed by atoms with Crippen molar-refractivity contribution in [1.29, 1.82) is 0 Å². The molecule has 6 aromatic heterocycles. The molecule has 127 heavy (non-hydrogen) atoms. The van der Waals surface area contributed by atoms with E-state index in [1.54, 1.807) is 31.5 Å². The molecule has 3 amide bonds. The van der Waals surface area contributed by atoms with Crippen molar-refractivity contribution in [3.8, 4) is 50.3 Å². The number of nitrogens with two attached hydrogens (primary N) is 4. The van der Waals surface area contributed by atoms with E-state index in [-0.39, 0.29) is 68.6 Å². The molecule has 660 valence electrons. The van der Waals surface area contributed by atoms with E-state index in [1.807, 2.05) is 220 Å². The Balaban J connectivity index is 0.000000148. The highest BCUT2D eigenvalue weighted by Gasteiger charge is 2.50. The van der Waals surface area contributed by atoms with Crippen LogP contribution in [-0.2, 0) is 56.8 Å². The molecule has 2 aliphatic rings. The lowest BCUT2D eigenvalue weighted by atomic mass is 9.92. The molecule has 0 bridgehead atoms. The first kappa shape index (κ1) is 92.8. The van der Waals surface area contributed by atoms with E-state index < -0.39 is 60.0 Å². The molecule has 0 aliphatic carbocycles. The molecule has 0 unspecified atom stereocenters. The van der Waals surface area contributed by atoms with Crippen LogP contribution in [0.15, 0.2) is 224 Å². The highest BCUT2D eigenvalue weighted by atomic mass is 32.2. The van der Waals surface area contributed by atoms with E-state index in [0.29, 0.717) is 68.3 Å². The molecular formula is C94H92F7N13O7S6. The van der Waals surface area contributed by atoms with Crippen molar-refractivity contribution < 1.29 is 63.1 Å². The van der Waals surface area contributed by atoms with Gasteiger partial charge in [0.05, 0.1) is 56.3 Å². The first-order valence-corrected chi connectivity index (χ1v) is 45.1. The Morgan fingerprint density at radius 1 is 0.575 bits per heavy atom. The molecule has 20 nitrogen and oxygen atoms in total. The van der Waals surface area contributed by atoms with Gasteiger partial charge in [-0.2, -0.15) is 17.5 Å². The number of thiocarbonyl (C=S) groups is 3. The summed E-state index contributed by atoms with van der Waals surface area (Å²) in [6, 6.07) is 56.5. The molecule has 0 atom stereocenters. The second-order valence-corrected chi connectivity index (χ2v) is 36.4. The number of amides is 3. The zero-order valence-electron chi connectivity index (χ0n) is 69.1. The normalized spacial score (nSPS) is 13.3. The number of nitrogens with one attached hydrogen (secondary N) is 3. The number of primary amides is 1. The number of benzene rings is 8. The van der Waals surface area contributed by atoms with Crippen LogP contribution in [0.2, 0.25) is 0 Å². The number of nitrogens with zero attached hydrogens (tertiary/aromatic N) is 6. The number of rotatable bonds is 30. The fourth-order valence-electron chi connectivity index (χ4n) is 15.7. The van der Waals surface area contributed by atoms with Crippen molar-refractivity contribution >= 4 is 163 Å². The fraction of sp³-hybridized carbons (Fsp3) is 0.255. The second-order valence-electron chi connectivity index (χ2n) is 31.1. The average Bonchev–Trinajstić information content (AvgIpc) is 1.64. The summed E-state index contributed by atoms with van der Waals surface area (Å²) in [6.07, 6.45) is 11.9. The molecule has 16 rings (SSSR count). The van der Waals surface area contributed by atoms with Gasteiger partial charge in [-0.3, -0.25) is 36.7 Å². The number of ketones is 1. The topological polar surface area (TPSA) is 290 Å². The number of halogens is 7.